The van der Waals surface area contributed by atoms with Gasteiger partial charge < -0.3 is 5.11 Å². The molecule has 0 aliphatic heterocycles. The van der Waals surface area contributed by atoms with Crippen molar-refractivity contribution in [1.29, 1.82) is 0 Å². The van der Waals surface area contributed by atoms with Crippen molar-refractivity contribution in [1.82, 2.24) is 9.78 Å². The van der Waals surface area contributed by atoms with E-state index in [2.05, 4.69) is 5.10 Å². The van der Waals surface area contributed by atoms with Gasteiger partial charge in [-0.15, -0.1) is 0 Å². The predicted molar refractivity (Wildman–Crippen MR) is 102 cm³/mol. The van der Waals surface area contributed by atoms with Crippen molar-refractivity contribution in [3.8, 4) is 5.69 Å². The lowest BCUT2D eigenvalue weighted by molar-refractivity contribution is -0.248. The maximum atomic E-state index is 13.9. The Balaban J connectivity index is 1.87. The average Bonchev–Trinajstić information content (AvgIpc) is 3.11. The van der Waals surface area contributed by atoms with Crippen LogP contribution in [0.2, 0.25) is 5.02 Å². The smallest absolute Gasteiger partial charge is 0.372 e. The molecule has 1 heterocycles. The summed E-state index contributed by atoms with van der Waals surface area (Å²) in [7, 11) is 0. The van der Waals surface area contributed by atoms with Crippen LogP contribution in [-0.4, -0.2) is 21.1 Å². The van der Waals surface area contributed by atoms with E-state index in [1.165, 1.54) is 48.7 Å². The first kappa shape index (κ1) is 18.5. The number of benzene rings is 3. The zero-order valence-electron chi connectivity index (χ0n) is 14.4. The first-order valence-electron chi connectivity index (χ1n) is 8.39. The Kier molecular flexibility index (Phi) is 4.40. The van der Waals surface area contributed by atoms with Crippen LogP contribution in [0.25, 0.3) is 16.6 Å². The highest BCUT2D eigenvalue weighted by Gasteiger charge is 2.56. The topological polar surface area (TPSA) is 38.1 Å². The van der Waals surface area contributed by atoms with E-state index in [4.69, 9.17) is 11.6 Å². The third-order valence-corrected chi connectivity index (χ3v) is 4.91. The number of nitrogens with zero attached hydrogens (tertiary/aromatic N) is 2. The molecule has 28 heavy (non-hydrogen) atoms. The second-order valence-corrected chi connectivity index (χ2v) is 6.82. The number of hydrogen-bond donors (Lipinski definition) is 1. The molecule has 0 aliphatic rings. The molecule has 0 saturated carbocycles. The molecule has 4 aromatic rings. The SMILES string of the molecule is OC(c1ccc(Cl)cc1)(c1ccc2c(cnn2-c2ccccc2)c1)C(F)(F)F. The fourth-order valence-electron chi connectivity index (χ4n) is 3.22. The Morgan fingerprint density at radius 1 is 0.857 bits per heavy atom. The molecule has 1 N–H and O–H groups in total. The first-order valence-corrected chi connectivity index (χ1v) is 8.77. The summed E-state index contributed by atoms with van der Waals surface area (Å²) in [5, 5.41) is 15.8. The lowest BCUT2D eigenvalue weighted by atomic mass is 9.85. The first-order chi connectivity index (χ1) is 13.3. The Hall–Kier alpha value is -2.83. The molecule has 0 bridgehead atoms. The van der Waals surface area contributed by atoms with Gasteiger partial charge >= 0.3 is 6.18 Å². The number of halogens is 4. The molecule has 4 rings (SSSR count). The van der Waals surface area contributed by atoms with E-state index in [9.17, 15) is 18.3 Å². The summed E-state index contributed by atoms with van der Waals surface area (Å²) in [5.41, 5.74) is -2.34. The Bertz CT molecular complexity index is 1120. The highest BCUT2D eigenvalue weighted by atomic mass is 35.5. The molecule has 0 saturated heterocycles. The maximum absolute atomic E-state index is 13.9. The summed E-state index contributed by atoms with van der Waals surface area (Å²) in [6, 6.07) is 18.3. The quantitative estimate of drug-likeness (QED) is 0.493. The minimum atomic E-state index is -4.93. The molecule has 1 atom stereocenters. The molecular formula is C21H14ClF3N2O. The molecule has 0 radical (unpaired) electrons. The summed E-state index contributed by atoms with van der Waals surface area (Å²) in [4.78, 5) is 0. The summed E-state index contributed by atoms with van der Waals surface area (Å²) in [6.07, 6.45) is -3.45. The van der Waals surface area contributed by atoms with Gasteiger partial charge in [0.05, 0.1) is 17.4 Å². The standard InChI is InChI=1S/C21H14ClF3N2O/c22-17-9-6-15(7-10-17)20(28,21(23,24)25)16-8-11-19-14(12-16)13-26-27(19)18-4-2-1-3-5-18/h1-13,28H. The van der Waals surface area contributed by atoms with Gasteiger partial charge in [-0.3, -0.25) is 0 Å². The number of fused-ring (bicyclic) bond motifs is 1. The molecule has 1 aromatic heterocycles. The maximum Gasteiger partial charge on any atom is 0.425 e. The molecular weight excluding hydrogens is 389 g/mol. The number of hydrogen-bond acceptors (Lipinski definition) is 2. The van der Waals surface area contributed by atoms with Gasteiger partial charge in [0.15, 0.2) is 0 Å². The summed E-state index contributed by atoms with van der Waals surface area (Å²) >= 11 is 5.79. The molecule has 0 fully saturated rings. The third kappa shape index (κ3) is 2.95. The number of rotatable bonds is 3. The normalized spacial score (nSPS) is 14.2. The zero-order valence-corrected chi connectivity index (χ0v) is 15.1. The fourth-order valence-corrected chi connectivity index (χ4v) is 3.34. The lowest BCUT2D eigenvalue weighted by Gasteiger charge is -2.31. The van der Waals surface area contributed by atoms with Gasteiger partial charge in [0.25, 0.3) is 0 Å². The fraction of sp³-hybridized carbons (Fsp3) is 0.0952. The number of para-hydroxylation sites is 1. The molecule has 142 valence electrons. The molecule has 0 aliphatic carbocycles. The van der Waals surface area contributed by atoms with Crippen molar-refractivity contribution in [3.63, 3.8) is 0 Å². The predicted octanol–water partition coefficient (Wildman–Crippen LogP) is 5.48. The van der Waals surface area contributed by atoms with E-state index in [0.29, 0.717) is 10.9 Å². The average molecular weight is 403 g/mol. The van der Waals surface area contributed by atoms with Crippen LogP contribution >= 0.6 is 11.6 Å². The van der Waals surface area contributed by atoms with Crippen molar-refractivity contribution < 1.29 is 18.3 Å². The highest BCUT2D eigenvalue weighted by Crippen LogP contribution is 2.45. The van der Waals surface area contributed by atoms with E-state index in [-0.39, 0.29) is 16.1 Å². The Labute approximate surface area is 163 Å². The van der Waals surface area contributed by atoms with E-state index in [1.54, 1.807) is 4.68 Å². The number of alkyl halides is 3. The summed E-state index contributed by atoms with van der Waals surface area (Å²) < 4.78 is 43.5. The van der Waals surface area contributed by atoms with E-state index in [0.717, 1.165) is 5.69 Å². The number of aromatic nitrogens is 2. The van der Waals surface area contributed by atoms with Crippen LogP contribution < -0.4 is 0 Å². The van der Waals surface area contributed by atoms with Gasteiger partial charge in [0.1, 0.15) is 0 Å². The molecule has 3 nitrogen and oxygen atoms in total. The van der Waals surface area contributed by atoms with Crippen LogP contribution in [0.4, 0.5) is 13.2 Å². The van der Waals surface area contributed by atoms with E-state index < -0.39 is 11.8 Å². The van der Waals surface area contributed by atoms with Gasteiger partial charge in [0.2, 0.25) is 5.60 Å². The van der Waals surface area contributed by atoms with Gasteiger partial charge in [0, 0.05) is 10.4 Å². The molecule has 7 heteroatoms. The van der Waals surface area contributed by atoms with Crippen LogP contribution in [0.3, 0.4) is 0 Å². The molecule has 0 amide bonds. The largest absolute Gasteiger partial charge is 0.425 e. The van der Waals surface area contributed by atoms with E-state index >= 15 is 0 Å². The monoisotopic (exact) mass is 402 g/mol. The third-order valence-electron chi connectivity index (χ3n) is 4.66. The highest BCUT2D eigenvalue weighted by molar-refractivity contribution is 6.30. The number of aliphatic hydroxyl groups is 1. The lowest BCUT2D eigenvalue weighted by Crippen LogP contribution is -2.43. The van der Waals surface area contributed by atoms with Crippen molar-refractivity contribution in [2.24, 2.45) is 0 Å². The van der Waals surface area contributed by atoms with Crippen LogP contribution in [0.5, 0.6) is 0 Å². The Morgan fingerprint density at radius 3 is 2.14 bits per heavy atom. The van der Waals surface area contributed by atoms with Gasteiger partial charge in [-0.05, 0) is 47.5 Å². The minimum absolute atomic E-state index is 0.285. The van der Waals surface area contributed by atoms with Crippen LogP contribution in [0.15, 0.2) is 79.0 Å². The van der Waals surface area contributed by atoms with Crippen molar-refractivity contribution >= 4 is 22.5 Å². The van der Waals surface area contributed by atoms with Crippen molar-refractivity contribution in [3.05, 3.63) is 95.1 Å². The summed E-state index contributed by atoms with van der Waals surface area (Å²) in [6.45, 7) is 0. The second kappa shape index (κ2) is 6.65. The van der Waals surface area contributed by atoms with Crippen molar-refractivity contribution in [2.75, 3.05) is 0 Å². The van der Waals surface area contributed by atoms with Crippen molar-refractivity contribution in [2.45, 2.75) is 11.8 Å². The molecule has 0 spiro atoms. The second-order valence-electron chi connectivity index (χ2n) is 6.38. The zero-order chi connectivity index (χ0) is 19.9. The minimum Gasteiger partial charge on any atom is -0.372 e. The molecule has 3 aromatic carbocycles. The van der Waals surface area contributed by atoms with Gasteiger partial charge in [-0.2, -0.15) is 18.3 Å². The van der Waals surface area contributed by atoms with Crippen LogP contribution in [0, 0.1) is 0 Å². The van der Waals surface area contributed by atoms with Gasteiger partial charge in [-0.25, -0.2) is 4.68 Å². The summed E-state index contributed by atoms with van der Waals surface area (Å²) in [5.74, 6) is 0. The van der Waals surface area contributed by atoms with Crippen LogP contribution in [-0.2, 0) is 5.60 Å². The van der Waals surface area contributed by atoms with E-state index in [1.807, 2.05) is 30.3 Å². The van der Waals surface area contributed by atoms with Crippen LogP contribution in [0.1, 0.15) is 11.1 Å². The Morgan fingerprint density at radius 2 is 1.50 bits per heavy atom. The molecule has 1 unspecified atom stereocenters. The van der Waals surface area contributed by atoms with Gasteiger partial charge in [-0.1, -0.05) is 48.0 Å².